The molecule has 1 aliphatic rings. The van der Waals surface area contributed by atoms with E-state index >= 15 is 0 Å². The summed E-state index contributed by atoms with van der Waals surface area (Å²) in [5.41, 5.74) is 3.98. The standard InChI is InChI=1S/C21H25N3O3/c1-15-7-6-10-18(16(15)2)22(3)21(25)17-11-13-23(14-12-17)19-8-4-5-9-20(19)24(26)27/h4-10,17H,11-14H2,1-3H3. The average molecular weight is 367 g/mol. The van der Waals surface area contributed by atoms with Crippen LogP contribution in [0, 0.1) is 29.9 Å². The van der Waals surface area contributed by atoms with Crippen LogP contribution < -0.4 is 9.80 Å². The number of piperidine rings is 1. The molecule has 0 aromatic heterocycles. The number of nitrogens with zero attached hydrogens (tertiary/aromatic N) is 3. The maximum absolute atomic E-state index is 13.0. The molecular formula is C21H25N3O3. The third-order valence-corrected chi connectivity index (χ3v) is 5.53. The summed E-state index contributed by atoms with van der Waals surface area (Å²) in [6.45, 7) is 5.36. The molecule has 0 bridgehead atoms. The van der Waals surface area contributed by atoms with Crippen molar-refractivity contribution in [2.45, 2.75) is 26.7 Å². The first-order valence-corrected chi connectivity index (χ1v) is 9.22. The molecule has 0 N–H and O–H groups in total. The van der Waals surface area contributed by atoms with Gasteiger partial charge in [-0.1, -0.05) is 24.3 Å². The summed E-state index contributed by atoms with van der Waals surface area (Å²) >= 11 is 0. The molecule has 1 fully saturated rings. The summed E-state index contributed by atoms with van der Waals surface area (Å²) in [5, 5.41) is 11.3. The summed E-state index contributed by atoms with van der Waals surface area (Å²) in [6, 6.07) is 12.8. The fourth-order valence-corrected chi connectivity index (χ4v) is 3.74. The average Bonchev–Trinajstić information content (AvgIpc) is 2.69. The Kier molecular flexibility index (Phi) is 5.44. The van der Waals surface area contributed by atoms with Gasteiger partial charge in [-0.15, -0.1) is 0 Å². The van der Waals surface area contributed by atoms with E-state index in [1.165, 1.54) is 11.6 Å². The predicted molar refractivity (Wildman–Crippen MR) is 107 cm³/mol. The second-order valence-corrected chi connectivity index (χ2v) is 7.12. The van der Waals surface area contributed by atoms with Crippen LogP contribution in [0.1, 0.15) is 24.0 Å². The molecule has 0 radical (unpaired) electrons. The first-order valence-electron chi connectivity index (χ1n) is 9.22. The van der Waals surface area contributed by atoms with Crippen molar-refractivity contribution in [1.82, 2.24) is 0 Å². The molecule has 0 aliphatic carbocycles. The molecule has 3 rings (SSSR count). The molecular weight excluding hydrogens is 342 g/mol. The molecule has 27 heavy (non-hydrogen) atoms. The van der Waals surface area contributed by atoms with Crippen LogP contribution in [-0.2, 0) is 4.79 Å². The van der Waals surface area contributed by atoms with Gasteiger partial charge in [0.25, 0.3) is 5.69 Å². The lowest BCUT2D eigenvalue weighted by molar-refractivity contribution is -0.384. The van der Waals surface area contributed by atoms with Crippen molar-refractivity contribution < 1.29 is 9.72 Å². The molecule has 1 aliphatic heterocycles. The van der Waals surface area contributed by atoms with Crippen LogP contribution in [0.5, 0.6) is 0 Å². The van der Waals surface area contributed by atoms with Crippen LogP contribution in [0.3, 0.4) is 0 Å². The number of carbonyl (C=O) groups is 1. The number of benzene rings is 2. The van der Waals surface area contributed by atoms with Crippen LogP contribution in [-0.4, -0.2) is 31.0 Å². The highest BCUT2D eigenvalue weighted by molar-refractivity contribution is 5.95. The van der Waals surface area contributed by atoms with Crippen molar-refractivity contribution in [1.29, 1.82) is 0 Å². The van der Waals surface area contributed by atoms with Crippen molar-refractivity contribution >= 4 is 23.0 Å². The number of aryl methyl sites for hydroxylation is 1. The molecule has 2 aromatic rings. The van der Waals surface area contributed by atoms with E-state index in [4.69, 9.17) is 0 Å². The van der Waals surface area contributed by atoms with E-state index in [1.54, 1.807) is 17.0 Å². The summed E-state index contributed by atoms with van der Waals surface area (Å²) < 4.78 is 0. The van der Waals surface area contributed by atoms with Crippen LogP contribution in [0.4, 0.5) is 17.1 Å². The number of hydrogen-bond donors (Lipinski definition) is 0. The van der Waals surface area contributed by atoms with Gasteiger partial charge in [-0.25, -0.2) is 0 Å². The summed E-state index contributed by atoms with van der Waals surface area (Å²) in [5.74, 6) is 0.0554. The number of carbonyl (C=O) groups excluding carboxylic acids is 1. The van der Waals surface area contributed by atoms with Gasteiger partial charge in [-0.05, 0) is 49.9 Å². The van der Waals surface area contributed by atoms with E-state index in [2.05, 4.69) is 0 Å². The highest BCUT2D eigenvalue weighted by Gasteiger charge is 2.30. The van der Waals surface area contributed by atoms with Gasteiger partial charge in [0.2, 0.25) is 5.91 Å². The molecule has 6 nitrogen and oxygen atoms in total. The topological polar surface area (TPSA) is 66.7 Å². The number of nitro benzene ring substituents is 1. The smallest absolute Gasteiger partial charge is 0.292 e. The maximum Gasteiger partial charge on any atom is 0.292 e. The Balaban J connectivity index is 1.70. The quantitative estimate of drug-likeness (QED) is 0.603. The maximum atomic E-state index is 13.0. The van der Waals surface area contributed by atoms with Gasteiger partial charge < -0.3 is 9.80 Å². The number of hydrogen-bond acceptors (Lipinski definition) is 4. The third kappa shape index (κ3) is 3.79. The van der Waals surface area contributed by atoms with Gasteiger partial charge in [0.15, 0.2) is 0 Å². The third-order valence-electron chi connectivity index (χ3n) is 5.53. The fraction of sp³-hybridized carbons (Fsp3) is 0.381. The second-order valence-electron chi connectivity index (χ2n) is 7.12. The van der Waals surface area contributed by atoms with Gasteiger partial charge in [0.1, 0.15) is 5.69 Å². The van der Waals surface area contributed by atoms with Gasteiger partial charge in [0.05, 0.1) is 4.92 Å². The Morgan fingerprint density at radius 2 is 1.78 bits per heavy atom. The molecule has 0 spiro atoms. The van der Waals surface area contributed by atoms with Gasteiger partial charge in [0, 0.05) is 37.8 Å². The lowest BCUT2D eigenvalue weighted by Crippen LogP contribution is -2.41. The van der Waals surface area contributed by atoms with Crippen molar-refractivity contribution in [2.75, 3.05) is 29.9 Å². The number of rotatable bonds is 4. The summed E-state index contributed by atoms with van der Waals surface area (Å²) in [4.78, 5) is 27.7. The van der Waals surface area contributed by atoms with Gasteiger partial charge >= 0.3 is 0 Å². The van der Waals surface area contributed by atoms with E-state index in [9.17, 15) is 14.9 Å². The second kappa shape index (κ2) is 7.78. The van der Waals surface area contributed by atoms with Crippen molar-refractivity contribution in [2.24, 2.45) is 5.92 Å². The lowest BCUT2D eigenvalue weighted by atomic mass is 9.94. The Labute approximate surface area is 159 Å². The molecule has 0 unspecified atom stereocenters. The number of amides is 1. The largest absolute Gasteiger partial charge is 0.366 e. The first-order chi connectivity index (χ1) is 12.9. The van der Waals surface area contributed by atoms with Crippen LogP contribution in [0.2, 0.25) is 0 Å². The zero-order valence-corrected chi connectivity index (χ0v) is 16.0. The number of anilines is 2. The minimum Gasteiger partial charge on any atom is -0.366 e. The zero-order chi connectivity index (χ0) is 19.6. The molecule has 1 amide bonds. The van der Waals surface area contributed by atoms with Crippen molar-refractivity contribution in [3.8, 4) is 0 Å². The van der Waals surface area contributed by atoms with Crippen molar-refractivity contribution in [3.05, 3.63) is 63.7 Å². The first kappa shape index (κ1) is 18.9. The fourth-order valence-electron chi connectivity index (χ4n) is 3.74. The molecule has 2 aromatic carbocycles. The van der Waals surface area contributed by atoms with Gasteiger partial charge in [-0.2, -0.15) is 0 Å². The Morgan fingerprint density at radius 1 is 1.11 bits per heavy atom. The van der Waals surface area contributed by atoms with E-state index in [0.29, 0.717) is 31.6 Å². The Hall–Kier alpha value is -2.89. The molecule has 1 heterocycles. The summed E-state index contributed by atoms with van der Waals surface area (Å²) in [6.07, 6.45) is 1.39. The van der Waals surface area contributed by atoms with E-state index in [-0.39, 0.29) is 22.4 Å². The minimum atomic E-state index is -0.346. The zero-order valence-electron chi connectivity index (χ0n) is 16.0. The van der Waals surface area contributed by atoms with E-state index in [0.717, 1.165) is 11.3 Å². The monoisotopic (exact) mass is 367 g/mol. The molecule has 0 atom stereocenters. The molecule has 1 saturated heterocycles. The van der Waals surface area contributed by atoms with Crippen molar-refractivity contribution in [3.63, 3.8) is 0 Å². The Morgan fingerprint density at radius 3 is 2.44 bits per heavy atom. The Bertz CT molecular complexity index is 858. The van der Waals surface area contributed by atoms with Crippen LogP contribution in [0.25, 0.3) is 0 Å². The highest BCUT2D eigenvalue weighted by Crippen LogP contribution is 2.32. The summed E-state index contributed by atoms with van der Waals surface area (Å²) in [7, 11) is 1.83. The highest BCUT2D eigenvalue weighted by atomic mass is 16.6. The van der Waals surface area contributed by atoms with E-state index in [1.807, 2.05) is 50.1 Å². The lowest BCUT2D eigenvalue weighted by Gasteiger charge is -2.34. The molecule has 142 valence electrons. The SMILES string of the molecule is Cc1cccc(N(C)C(=O)C2CCN(c3ccccc3[N+](=O)[O-])CC2)c1C. The van der Waals surface area contributed by atoms with E-state index < -0.39 is 0 Å². The van der Waals surface area contributed by atoms with Crippen LogP contribution >= 0.6 is 0 Å². The van der Waals surface area contributed by atoms with Crippen LogP contribution in [0.15, 0.2) is 42.5 Å². The number of nitro groups is 1. The molecule has 0 saturated carbocycles. The minimum absolute atomic E-state index is 0.0612. The number of para-hydroxylation sites is 2. The van der Waals surface area contributed by atoms with Gasteiger partial charge in [-0.3, -0.25) is 14.9 Å². The normalized spacial score (nSPS) is 14.9. The predicted octanol–water partition coefficient (Wildman–Crippen LogP) is 4.09. The molecule has 6 heteroatoms.